The first kappa shape index (κ1) is 14.3. The molecule has 20 heavy (non-hydrogen) atoms. The van der Waals surface area contributed by atoms with E-state index >= 15 is 0 Å². The van der Waals surface area contributed by atoms with Crippen LogP contribution in [0.5, 0.6) is 11.5 Å². The van der Waals surface area contributed by atoms with Crippen LogP contribution in [0.3, 0.4) is 0 Å². The van der Waals surface area contributed by atoms with Gasteiger partial charge >= 0.3 is 0 Å². The molecule has 108 valence electrons. The highest BCUT2D eigenvalue weighted by atomic mass is 16.5. The molecule has 0 saturated carbocycles. The van der Waals surface area contributed by atoms with E-state index in [4.69, 9.17) is 13.9 Å². The molecule has 0 radical (unpaired) electrons. The van der Waals surface area contributed by atoms with Crippen LogP contribution in [-0.2, 0) is 6.42 Å². The third kappa shape index (κ3) is 3.70. The van der Waals surface area contributed by atoms with Gasteiger partial charge in [-0.05, 0) is 37.6 Å². The van der Waals surface area contributed by atoms with Gasteiger partial charge in [0, 0.05) is 18.5 Å². The molecular weight excluding hydrogens is 254 g/mol. The maximum atomic E-state index is 5.38. The predicted octanol–water partition coefficient (Wildman–Crippen LogP) is 3.73. The van der Waals surface area contributed by atoms with Crippen molar-refractivity contribution >= 4 is 5.69 Å². The fourth-order valence-corrected chi connectivity index (χ4v) is 2.07. The van der Waals surface area contributed by atoms with Gasteiger partial charge in [-0.3, -0.25) is 0 Å². The van der Waals surface area contributed by atoms with E-state index < -0.39 is 0 Å². The summed E-state index contributed by atoms with van der Waals surface area (Å²) in [5, 5.41) is 3.45. The first-order valence-corrected chi connectivity index (χ1v) is 6.74. The van der Waals surface area contributed by atoms with Crippen molar-refractivity contribution in [2.45, 2.75) is 25.8 Å². The van der Waals surface area contributed by atoms with Gasteiger partial charge in [0.25, 0.3) is 0 Å². The summed E-state index contributed by atoms with van der Waals surface area (Å²) in [7, 11) is 3.31. The lowest BCUT2D eigenvalue weighted by atomic mass is 10.1. The Morgan fingerprint density at radius 3 is 2.70 bits per heavy atom. The number of hydrogen-bond acceptors (Lipinski definition) is 4. The van der Waals surface area contributed by atoms with Crippen molar-refractivity contribution in [2.75, 3.05) is 19.5 Å². The number of anilines is 1. The average molecular weight is 275 g/mol. The summed E-state index contributed by atoms with van der Waals surface area (Å²) in [5.74, 6) is 2.59. The van der Waals surface area contributed by atoms with Crippen molar-refractivity contribution in [3.63, 3.8) is 0 Å². The molecule has 0 spiro atoms. The van der Waals surface area contributed by atoms with Crippen molar-refractivity contribution in [1.29, 1.82) is 0 Å². The van der Waals surface area contributed by atoms with Crippen LogP contribution in [0.4, 0.5) is 5.69 Å². The lowest BCUT2D eigenvalue weighted by Gasteiger charge is -2.17. The van der Waals surface area contributed by atoms with Crippen LogP contribution >= 0.6 is 0 Å². The third-order valence-electron chi connectivity index (χ3n) is 3.21. The first-order chi connectivity index (χ1) is 9.72. The van der Waals surface area contributed by atoms with Crippen molar-refractivity contribution in [1.82, 2.24) is 0 Å². The molecule has 1 unspecified atom stereocenters. The van der Waals surface area contributed by atoms with E-state index in [0.29, 0.717) is 6.04 Å². The standard InChI is InChI=1S/C16H21NO3/c1-12(6-7-13-5-4-10-20-13)17-15-9-8-14(18-2)11-16(15)19-3/h4-5,8-12,17H,6-7H2,1-3H3. The number of methoxy groups -OCH3 is 2. The van der Waals surface area contributed by atoms with E-state index in [1.54, 1.807) is 20.5 Å². The Balaban J connectivity index is 1.94. The molecule has 0 aliphatic rings. The summed E-state index contributed by atoms with van der Waals surface area (Å²) >= 11 is 0. The molecule has 1 heterocycles. The van der Waals surface area contributed by atoms with Gasteiger partial charge < -0.3 is 19.2 Å². The van der Waals surface area contributed by atoms with Crippen molar-refractivity contribution < 1.29 is 13.9 Å². The number of benzene rings is 1. The van der Waals surface area contributed by atoms with Crippen LogP contribution in [0.25, 0.3) is 0 Å². The highest BCUT2D eigenvalue weighted by molar-refractivity contribution is 5.59. The molecule has 1 atom stereocenters. The molecule has 1 N–H and O–H groups in total. The summed E-state index contributed by atoms with van der Waals surface area (Å²) in [4.78, 5) is 0. The van der Waals surface area contributed by atoms with Crippen molar-refractivity contribution in [3.8, 4) is 11.5 Å². The molecule has 1 aromatic heterocycles. The number of rotatable bonds is 7. The Labute approximate surface area is 119 Å². The van der Waals surface area contributed by atoms with Gasteiger partial charge in [0.2, 0.25) is 0 Å². The van der Waals surface area contributed by atoms with Crippen LogP contribution in [0.2, 0.25) is 0 Å². The van der Waals surface area contributed by atoms with Crippen LogP contribution in [-0.4, -0.2) is 20.3 Å². The Hall–Kier alpha value is -2.10. The maximum absolute atomic E-state index is 5.38. The predicted molar refractivity (Wildman–Crippen MR) is 79.7 cm³/mol. The van der Waals surface area contributed by atoms with Crippen molar-refractivity contribution in [3.05, 3.63) is 42.4 Å². The zero-order valence-corrected chi connectivity index (χ0v) is 12.2. The lowest BCUT2D eigenvalue weighted by Crippen LogP contribution is -2.16. The smallest absolute Gasteiger partial charge is 0.145 e. The Kier molecular flexibility index (Phi) is 4.93. The van der Waals surface area contributed by atoms with Crippen LogP contribution < -0.4 is 14.8 Å². The topological polar surface area (TPSA) is 43.6 Å². The van der Waals surface area contributed by atoms with Gasteiger partial charge in [-0.25, -0.2) is 0 Å². The molecule has 0 fully saturated rings. The second-order valence-corrected chi connectivity index (χ2v) is 4.73. The van der Waals surface area contributed by atoms with E-state index in [9.17, 15) is 0 Å². The summed E-state index contributed by atoms with van der Waals surface area (Å²) < 4.78 is 15.9. The van der Waals surface area contributed by atoms with Crippen LogP contribution in [0, 0.1) is 0 Å². The largest absolute Gasteiger partial charge is 0.497 e. The Morgan fingerprint density at radius 1 is 1.20 bits per heavy atom. The molecule has 0 saturated heterocycles. The minimum atomic E-state index is 0.322. The number of ether oxygens (including phenoxy) is 2. The molecule has 0 bridgehead atoms. The Bertz CT molecular complexity index is 523. The normalized spacial score (nSPS) is 11.9. The zero-order valence-electron chi connectivity index (χ0n) is 12.2. The number of aryl methyl sites for hydroxylation is 1. The first-order valence-electron chi connectivity index (χ1n) is 6.74. The summed E-state index contributed by atoms with van der Waals surface area (Å²) in [5.41, 5.74) is 0.972. The van der Waals surface area contributed by atoms with Gasteiger partial charge in [0.05, 0.1) is 26.2 Å². The minimum Gasteiger partial charge on any atom is -0.497 e. The fraction of sp³-hybridized carbons (Fsp3) is 0.375. The van der Waals surface area contributed by atoms with Gasteiger partial charge in [-0.1, -0.05) is 0 Å². The number of nitrogens with one attached hydrogen (secondary N) is 1. The molecular formula is C16H21NO3. The van der Waals surface area contributed by atoms with Crippen LogP contribution in [0.1, 0.15) is 19.1 Å². The van der Waals surface area contributed by atoms with E-state index in [2.05, 4.69) is 12.2 Å². The molecule has 1 aromatic carbocycles. The van der Waals surface area contributed by atoms with Gasteiger partial charge in [0.15, 0.2) is 0 Å². The molecule has 2 rings (SSSR count). The highest BCUT2D eigenvalue weighted by Gasteiger charge is 2.09. The van der Waals surface area contributed by atoms with E-state index in [-0.39, 0.29) is 0 Å². The highest BCUT2D eigenvalue weighted by Crippen LogP contribution is 2.29. The maximum Gasteiger partial charge on any atom is 0.145 e. The summed E-state index contributed by atoms with van der Waals surface area (Å²) in [6.07, 6.45) is 3.61. The Morgan fingerprint density at radius 2 is 2.05 bits per heavy atom. The second-order valence-electron chi connectivity index (χ2n) is 4.73. The molecule has 2 aromatic rings. The molecule has 0 aliphatic carbocycles. The molecule has 4 heteroatoms. The quantitative estimate of drug-likeness (QED) is 0.836. The lowest BCUT2D eigenvalue weighted by molar-refractivity contribution is 0.395. The van der Waals surface area contributed by atoms with Gasteiger partial charge in [-0.15, -0.1) is 0 Å². The van der Waals surface area contributed by atoms with Gasteiger partial charge in [-0.2, -0.15) is 0 Å². The van der Waals surface area contributed by atoms with Crippen LogP contribution in [0.15, 0.2) is 41.0 Å². The van der Waals surface area contributed by atoms with E-state index in [1.165, 1.54) is 0 Å². The summed E-state index contributed by atoms with van der Waals surface area (Å²) in [6, 6.07) is 10.0. The molecule has 4 nitrogen and oxygen atoms in total. The molecule has 0 aliphatic heterocycles. The fourth-order valence-electron chi connectivity index (χ4n) is 2.07. The summed E-state index contributed by atoms with van der Waals surface area (Å²) in [6.45, 7) is 2.15. The third-order valence-corrected chi connectivity index (χ3v) is 3.21. The monoisotopic (exact) mass is 275 g/mol. The van der Waals surface area contributed by atoms with E-state index in [0.717, 1.165) is 35.8 Å². The minimum absolute atomic E-state index is 0.322. The number of furan rings is 1. The number of hydrogen-bond donors (Lipinski definition) is 1. The zero-order chi connectivity index (χ0) is 14.4. The SMILES string of the molecule is COc1ccc(NC(C)CCc2ccco2)c(OC)c1. The van der Waals surface area contributed by atoms with Gasteiger partial charge in [0.1, 0.15) is 17.3 Å². The average Bonchev–Trinajstić information content (AvgIpc) is 2.99. The van der Waals surface area contributed by atoms with E-state index in [1.807, 2.05) is 30.3 Å². The van der Waals surface area contributed by atoms with Crippen molar-refractivity contribution in [2.24, 2.45) is 0 Å². The second kappa shape index (κ2) is 6.89. The molecule has 0 amide bonds.